The molecular weight excluding hydrogens is 288 g/mol. The van der Waals surface area contributed by atoms with Crippen molar-refractivity contribution in [2.45, 2.75) is 11.2 Å². The monoisotopic (exact) mass is 304 g/mol. The molecule has 0 saturated carbocycles. The molecule has 0 spiro atoms. The third-order valence-electron chi connectivity index (χ3n) is 4.65. The number of hydrogen-bond acceptors (Lipinski definition) is 2. The van der Waals surface area contributed by atoms with Crippen molar-refractivity contribution in [1.29, 1.82) is 0 Å². The maximum absolute atomic E-state index is 3.70. The lowest BCUT2D eigenvalue weighted by Crippen LogP contribution is -2.14. The zero-order valence-corrected chi connectivity index (χ0v) is 12.9. The van der Waals surface area contributed by atoms with Gasteiger partial charge in [-0.15, -0.1) is 11.8 Å². The van der Waals surface area contributed by atoms with Crippen LogP contribution < -0.4 is 5.32 Å². The van der Waals surface area contributed by atoms with Crippen LogP contribution in [0.15, 0.2) is 65.8 Å². The Morgan fingerprint density at radius 2 is 2.00 bits per heavy atom. The number of aromatic amines is 1. The molecular formula is C19H16N2S. The van der Waals surface area contributed by atoms with Gasteiger partial charge in [-0.25, -0.2) is 0 Å². The third-order valence-corrected chi connectivity index (χ3v) is 6.01. The lowest BCUT2D eigenvalue weighted by Gasteiger charge is -2.22. The largest absolute Gasteiger partial charge is 0.387 e. The van der Waals surface area contributed by atoms with Gasteiger partial charge < -0.3 is 10.3 Å². The van der Waals surface area contributed by atoms with Gasteiger partial charge in [0.05, 0.1) is 0 Å². The van der Waals surface area contributed by atoms with Crippen LogP contribution in [0.25, 0.3) is 16.5 Å². The fourth-order valence-electron chi connectivity index (χ4n) is 3.65. The molecule has 0 saturated heterocycles. The molecule has 108 valence electrons. The Morgan fingerprint density at radius 3 is 3.00 bits per heavy atom. The van der Waals surface area contributed by atoms with Crippen LogP contribution in [0.1, 0.15) is 17.2 Å². The van der Waals surface area contributed by atoms with Gasteiger partial charge >= 0.3 is 0 Å². The smallest absolute Gasteiger partial charge is 0.0462 e. The number of thioether (sulfide) groups is 1. The van der Waals surface area contributed by atoms with Crippen molar-refractivity contribution < 1.29 is 0 Å². The normalized spacial score (nSPS) is 25.5. The van der Waals surface area contributed by atoms with Gasteiger partial charge in [0.15, 0.2) is 0 Å². The molecule has 0 fully saturated rings. The number of rotatable bonds is 0. The van der Waals surface area contributed by atoms with Gasteiger partial charge in [-0.2, -0.15) is 0 Å². The first-order valence-electron chi connectivity index (χ1n) is 7.67. The van der Waals surface area contributed by atoms with Gasteiger partial charge in [0, 0.05) is 44.8 Å². The summed E-state index contributed by atoms with van der Waals surface area (Å²) >= 11 is 1.98. The molecule has 0 bridgehead atoms. The van der Waals surface area contributed by atoms with Gasteiger partial charge in [-0.05, 0) is 23.9 Å². The summed E-state index contributed by atoms with van der Waals surface area (Å²) in [6, 6.07) is 8.66. The molecule has 1 aromatic heterocycles. The highest BCUT2D eigenvalue weighted by Crippen LogP contribution is 2.48. The van der Waals surface area contributed by atoms with Gasteiger partial charge in [0.1, 0.15) is 0 Å². The highest BCUT2D eigenvalue weighted by Gasteiger charge is 2.32. The van der Waals surface area contributed by atoms with E-state index in [0.717, 1.165) is 6.54 Å². The molecule has 2 N–H and O–H groups in total. The minimum absolute atomic E-state index is 0.413. The number of dihydropyridines is 1. The predicted molar refractivity (Wildman–Crippen MR) is 94.8 cm³/mol. The van der Waals surface area contributed by atoms with E-state index >= 15 is 0 Å². The first kappa shape index (κ1) is 12.4. The number of benzene rings is 1. The lowest BCUT2D eigenvalue weighted by molar-refractivity contribution is 0.843. The summed E-state index contributed by atoms with van der Waals surface area (Å²) < 4.78 is 0. The maximum Gasteiger partial charge on any atom is 0.0462 e. The Labute approximate surface area is 133 Å². The van der Waals surface area contributed by atoms with Crippen molar-refractivity contribution in [2.24, 2.45) is 0 Å². The van der Waals surface area contributed by atoms with Gasteiger partial charge in [-0.3, -0.25) is 0 Å². The van der Waals surface area contributed by atoms with Crippen molar-refractivity contribution in [2.75, 3.05) is 6.54 Å². The second kappa shape index (κ2) is 4.68. The Bertz CT molecular complexity index is 882. The Balaban J connectivity index is 1.86. The topological polar surface area (TPSA) is 27.8 Å². The van der Waals surface area contributed by atoms with E-state index in [1.807, 2.05) is 11.8 Å². The lowest BCUT2D eigenvalue weighted by atomic mass is 9.90. The molecule has 0 radical (unpaired) electrons. The summed E-state index contributed by atoms with van der Waals surface area (Å²) in [6.07, 6.45) is 13.3. The highest BCUT2D eigenvalue weighted by molar-refractivity contribution is 8.04. The van der Waals surface area contributed by atoms with E-state index in [1.165, 1.54) is 32.6 Å². The van der Waals surface area contributed by atoms with Crippen LogP contribution in [-0.4, -0.2) is 16.8 Å². The first-order chi connectivity index (χ1) is 10.9. The molecule has 0 amide bonds. The van der Waals surface area contributed by atoms with Crippen LogP contribution >= 0.6 is 11.8 Å². The van der Waals surface area contributed by atoms with Gasteiger partial charge in [0.25, 0.3) is 0 Å². The van der Waals surface area contributed by atoms with Crippen molar-refractivity contribution >= 4 is 28.2 Å². The van der Waals surface area contributed by atoms with E-state index in [2.05, 4.69) is 71.1 Å². The average Bonchev–Trinajstić information content (AvgIpc) is 2.89. The van der Waals surface area contributed by atoms with E-state index in [1.54, 1.807) is 0 Å². The van der Waals surface area contributed by atoms with Gasteiger partial charge in [0.2, 0.25) is 0 Å². The van der Waals surface area contributed by atoms with Crippen molar-refractivity contribution in [3.63, 3.8) is 0 Å². The SMILES string of the molecule is C1=CC2SC3=C(CNC=C3)c3c([nH]c4ccccc34)C2C=C1. The molecule has 2 aliphatic heterocycles. The van der Waals surface area contributed by atoms with Gasteiger partial charge in [-0.1, -0.05) is 42.5 Å². The van der Waals surface area contributed by atoms with E-state index in [-0.39, 0.29) is 0 Å². The van der Waals surface area contributed by atoms with Crippen LogP contribution in [-0.2, 0) is 0 Å². The number of aromatic nitrogens is 1. The Morgan fingerprint density at radius 1 is 1.09 bits per heavy atom. The molecule has 1 aliphatic carbocycles. The van der Waals surface area contributed by atoms with E-state index in [9.17, 15) is 0 Å². The molecule has 3 heteroatoms. The van der Waals surface area contributed by atoms with Crippen LogP contribution in [0, 0.1) is 0 Å². The number of para-hydroxylation sites is 1. The molecule has 5 rings (SSSR count). The van der Waals surface area contributed by atoms with Crippen LogP contribution in [0.5, 0.6) is 0 Å². The second-order valence-corrected chi connectivity index (χ2v) is 7.11. The van der Waals surface area contributed by atoms with Crippen LogP contribution in [0.3, 0.4) is 0 Å². The number of hydrogen-bond donors (Lipinski definition) is 2. The molecule has 1 aromatic carbocycles. The highest BCUT2D eigenvalue weighted by atomic mass is 32.2. The van der Waals surface area contributed by atoms with Crippen LogP contribution in [0.4, 0.5) is 0 Å². The minimum Gasteiger partial charge on any atom is -0.387 e. The fraction of sp³-hybridized carbons (Fsp3) is 0.158. The molecule has 2 aromatic rings. The van der Waals surface area contributed by atoms with Crippen molar-refractivity contribution in [3.8, 4) is 0 Å². The molecule has 3 heterocycles. The summed E-state index contributed by atoms with van der Waals surface area (Å²) in [5.41, 5.74) is 5.43. The summed E-state index contributed by atoms with van der Waals surface area (Å²) in [7, 11) is 0. The van der Waals surface area contributed by atoms with E-state index in [0.29, 0.717) is 11.2 Å². The summed E-state index contributed by atoms with van der Waals surface area (Å²) in [5.74, 6) is 0.413. The molecule has 2 nitrogen and oxygen atoms in total. The number of nitrogens with one attached hydrogen (secondary N) is 2. The predicted octanol–water partition coefficient (Wildman–Crippen LogP) is 4.32. The standard InChI is InChI=1S/C19H16N2S/c1-3-7-15-12(5-1)18-14-11-20-10-9-17(14)22-16-8-4-2-6-13(16)19(18)21-15/h1-10,13,16,20-21H,11H2. The van der Waals surface area contributed by atoms with Crippen molar-refractivity contribution in [1.82, 2.24) is 10.3 Å². The molecule has 3 aliphatic rings. The third kappa shape index (κ3) is 1.69. The first-order valence-corrected chi connectivity index (χ1v) is 8.55. The number of fused-ring (bicyclic) bond motifs is 6. The van der Waals surface area contributed by atoms with E-state index < -0.39 is 0 Å². The summed E-state index contributed by atoms with van der Waals surface area (Å²) in [5, 5.41) is 5.19. The second-order valence-electron chi connectivity index (χ2n) is 5.89. The minimum atomic E-state index is 0.413. The van der Waals surface area contributed by atoms with E-state index in [4.69, 9.17) is 0 Å². The molecule has 22 heavy (non-hydrogen) atoms. The summed E-state index contributed by atoms with van der Waals surface area (Å²) in [4.78, 5) is 5.10. The number of allylic oxidation sites excluding steroid dienone is 4. The zero-order chi connectivity index (χ0) is 14.5. The Hall–Kier alpha value is -2.13. The summed E-state index contributed by atoms with van der Waals surface area (Å²) in [6.45, 7) is 0.903. The molecule has 2 unspecified atom stereocenters. The maximum atomic E-state index is 3.70. The average molecular weight is 304 g/mol. The number of H-pyrrole nitrogens is 1. The quantitative estimate of drug-likeness (QED) is 0.758. The molecule has 2 atom stereocenters. The van der Waals surface area contributed by atoms with Crippen LogP contribution in [0.2, 0.25) is 0 Å². The van der Waals surface area contributed by atoms with Crippen molar-refractivity contribution in [3.05, 3.63) is 77.0 Å². The fourth-order valence-corrected chi connectivity index (χ4v) is 4.95. The zero-order valence-electron chi connectivity index (χ0n) is 12.0. The Kier molecular flexibility index (Phi) is 2.64.